The summed E-state index contributed by atoms with van der Waals surface area (Å²) in [4.78, 5) is 0. The quantitative estimate of drug-likeness (QED) is 0.339. The third-order valence-electron chi connectivity index (χ3n) is 9.38. The molecule has 6 rings (SSSR count). The Balaban J connectivity index is 1.53. The van der Waals surface area contributed by atoms with Crippen molar-refractivity contribution >= 4 is 10.8 Å². The topological polar surface area (TPSA) is 3.88 Å². The second-order valence-corrected chi connectivity index (χ2v) is 11.6. The second kappa shape index (κ2) is 9.48. The van der Waals surface area contributed by atoms with Crippen LogP contribution in [0.5, 0.6) is 0 Å². The molecule has 178 valence electrons. The molecule has 1 nitrogen and oxygen atoms in total. The molecule has 3 saturated carbocycles. The molecule has 3 aliphatic carbocycles. The number of hydrogen-bond donors (Lipinski definition) is 0. The van der Waals surface area contributed by atoms with E-state index in [2.05, 4.69) is 37.3 Å². The maximum absolute atomic E-state index is 8.90. The Labute approximate surface area is 209 Å². The minimum atomic E-state index is 0.323. The molecule has 0 saturated heterocycles. The summed E-state index contributed by atoms with van der Waals surface area (Å²) in [5.74, 6) is 2.13. The molecule has 1 aromatic heterocycles. The van der Waals surface area contributed by atoms with Gasteiger partial charge in [0.2, 0.25) is 5.69 Å². The second-order valence-electron chi connectivity index (χ2n) is 11.6. The zero-order valence-electron chi connectivity index (χ0n) is 23.3. The molecule has 0 N–H and O–H groups in total. The van der Waals surface area contributed by atoms with Gasteiger partial charge in [0.05, 0.1) is 12.3 Å². The third-order valence-corrected chi connectivity index (χ3v) is 9.38. The van der Waals surface area contributed by atoms with Gasteiger partial charge in [-0.05, 0) is 96.6 Å². The number of rotatable bonds is 5. The Morgan fingerprint density at radius 2 is 1.53 bits per heavy atom. The lowest BCUT2D eigenvalue weighted by Crippen LogP contribution is -2.31. The van der Waals surface area contributed by atoms with Crippen LogP contribution in [-0.2, 0) is 13.5 Å². The SMILES string of the molecule is [2H]c1c([2H])[n+](C)c(-c2cc(C3CCCC3)cc(C3CCCC3)c2C)c2ccc(CC3CCCC3)cc12. The van der Waals surface area contributed by atoms with Crippen LogP contribution in [0, 0.1) is 12.8 Å². The average molecular weight is 455 g/mol. The first kappa shape index (κ1) is 20.1. The largest absolute Gasteiger partial charge is 0.220 e. The molecule has 2 aromatic carbocycles. The lowest BCUT2D eigenvalue weighted by Gasteiger charge is -2.21. The highest BCUT2D eigenvalue weighted by molar-refractivity contribution is 5.94. The first-order valence-corrected chi connectivity index (χ1v) is 14.1. The highest BCUT2D eigenvalue weighted by atomic mass is 14.9. The van der Waals surface area contributed by atoms with Gasteiger partial charge in [-0.2, -0.15) is 0 Å². The molecular formula is C33H42N+. The normalized spacial score (nSPS) is 21.0. The fourth-order valence-electron chi connectivity index (χ4n) is 7.44. The summed E-state index contributed by atoms with van der Waals surface area (Å²) in [6.45, 7) is 2.32. The van der Waals surface area contributed by atoms with Crippen molar-refractivity contribution in [1.82, 2.24) is 0 Å². The molecule has 3 aromatic rings. The zero-order chi connectivity index (χ0) is 24.8. The van der Waals surface area contributed by atoms with Gasteiger partial charge in [-0.3, -0.25) is 0 Å². The van der Waals surface area contributed by atoms with E-state index < -0.39 is 0 Å². The molecule has 0 unspecified atom stereocenters. The summed E-state index contributed by atoms with van der Waals surface area (Å²) in [6.07, 6.45) is 17.4. The summed E-state index contributed by atoms with van der Waals surface area (Å²) in [5, 5.41) is 2.09. The smallest absolute Gasteiger partial charge is 0.200 e. The Hall–Kier alpha value is -2.15. The highest BCUT2D eigenvalue weighted by Crippen LogP contribution is 2.43. The molecule has 0 amide bonds. The number of aromatic nitrogens is 1. The van der Waals surface area contributed by atoms with Crippen LogP contribution < -0.4 is 4.57 Å². The van der Waals surface area contributed by atoms with Crippen molar-refractivity contribution in [2.45, 2.75) is 102 Å². The van der Waals surface area contributed by atoms with E-state index >= 15 is 0 Å². The Kier molecular flexibility index (Phi) is 5.60. The van der Waals surface area contributed by atoms with Crippen LogP contribution in [-0.4, -0.2) is 0 Å². The first-order valence-electron chi connectivity index (χ1n) is 15.1. The van der Waals surface area contributed by atoms with Gasteiger partial charge in [-0.15, -0.1) is 0 Å². The zero-order valence-corrected chi connectivity index (χ0v) is 21.3. The Morgan fingerprint density at radius 3 is 2.26 bits per heavy atom. The summed E-state index contributed by atoms with van der Waals surface area (Å²) in [5.41, 5.74) is 8.24. The lowest BCUT2D eigenvalue weighted by molar-refractivity contribution is -0.659. The van der Waals surface area contributed by atoms with Gasteiger partial charge in [0.15, 0.2) is 6.17 Å². The maximum atomic E-state index is 8.90. The van der Waals surface area contributed by atoms with E-state index in [1.165, 1.54) is 99.3 Å². The van der Waals surface area contributed by atoms with Crippen LogP contribution in [0.25, 0.3) is 22.0 Å². The standard InChI is InChI=1S/C33H42N/c1-23-31(27-13-7-8-14-27)21-29(26-11-5-6-12-26)22-32(23)33-30-16-15-25(19-24-9-3-4-10-24)20-28(30)17-18-34(33)2/h15-18,20-22,24,26-27H,3-14,19H2,1-2H3/q+1/i17D,18D. The molecule has 34 heavy (non-hydrogen) atoms. The summed E-state index contributed by atoms with van der Waals surface area (Å²) < 4.78 is 19.8. The Bertz CT molecular complexity index is 1280. The van der Waals surface area contributed by atoms with Crippen molar-refractivity contribution in [3.8, 4) is 11.3 Å². The van der Waals surface area contributed by atoms with Gasteiger partial charge in [-0.1, -0.05) is 69.6 Å². The minimum Gasteiger partial charge on any atom is -0.200 e. The van der Waals surface area contributed by atoms with Crippen LogP contribution in [0.3, 0.4) is 0 Å². The van der Waals surface area contributed by atoms with E-state index in [4.69, 9.17) is 2.74 Å². The lowest BCUT2D eigenvalue weighted by atomic mass is 9.83. The van der Waals surface area contributed by atoms with Crippen molar-refractivity contribution in [1.29, 1.82) is 0 Å². The van der Waals surface area contributed by atoms with Crippen LogP contribution in [0.2, 0.25) is 0 Å². The molecule has 0 bridgehead atoms. The number of fused-ring (bicyclic) bond motifs is 1. The maximum Gasteiger partial charge on any atom is 0.220 e. The van der Waals surface area contributed by atoms with Gasteiger partial charge in [-0.25, -0.2) is 4.57 Å². The fourth-order valence-corrected chi connectivity index (χ4v) is 7.44. The van der Waals surface area contributed by atoms with E-state index in [1.807, 2.05) is 11.6 Å². The molecule has 0 aliphatic heterocycles. The van der Waals surface area contributed by atoms with Crippen LogP contribution in [0.1, 0.15) is 114 Å². The minimum absolute atomic E-state index is 0.323. The number of nitrogens with zero attached hydrogens (tertiary/aromatic N) is 1. The molecule has 0 atom stereocenters. The summed E-state index contributed by atoms with van der Waals surface area (Å²) >= 11 is 0. The molecular weight excluding hydrogens is 410 g/mol. The molecule has 3 aliphatic rings. The Morgan fingerprint density at radius 1 is 0.853 bits per heavy atom. The van der Waals surface area contributed by atoms with E-state index in [1.54, 1.807) is 5.56 Å². The average Bonchev–Trinajstić information content (AvgIpc) is 3.68. The van der Waals surface area contributed by atoms with Crippen molar-refractivity contribution < 1.29 is 7.31 Å². The number of hydrogen-bond acceptors (Lipinski definition) is 0. The molecule has 3 fully saturated rings. The van der Waals surface area contributed by atoms with Gasteiger partial charge >= 0.3 is 0 Å². The van der Waals surface area contributed by atoms with E-state index in [-0.39, 0.29) is 0 Å². The van der Waals surface area contributed by atoms with E-state index in [0.29, 0.717) is 24.1 Å². The van der Waals surface area contributed by atoms with Crippen LogP contribution in [0.4, 0.5) is 0 Å². The van der Waals surface area contributed by atoms with E-state index in [9.17, 15) is 0 Å². The predicted molar refractivity (Wildman–Crippen MR) is 143 cm³/mol. The van der Waals surface area contributed by atoms with Crippen LogP contribution >= 0.6 is 0 Å². The third kappa shape index (κ3) is 4.21. The van der Waals surface area contributed by atoms with Crippen molar-refractivity contribution in [3.05, 3.63) is 64.8 Å². The van der Waals surface area contributed by atoms with Crippen LogP contribution in [0.15, 0.2) is 42.5 Å². The fraction of sp³-hybridized carbons (Fsp3) is 0.545. The first-order chi connectivity index (χ1) is 17.5. The monoisotopic (exact) mass is 454 g/mol. The highest BCUT2D eigenvalue weighted by Gasteiger charge is 2.27. The van der Waals surface area contributed by atoms with Crippen molar-refractivity contribution in [2.24, 2.45) is 13.0 Å². The van der Waals surface area contributed by atoms with Gasteiger partial charge in [0.25, 0.3) is 0 Å². The van der Waals surface area contributed by atoms with E-state index in [0.717, 1.165) is 28.8 Å². The predicted octanol–water partition coefficient (Wildman–Crippen LogP) is 8.69. The number of pyridine rings is 1. The molecule has 1 heteroatoms. The molecule has 0 spiro atoms. The molecule has 0 radical (unpaired) electrons. The van der Waals surface area contributed by atoms with Gasteiger partial charge < -0.3 is 0 Å². The van der Waals surface area contributed by atoms with Gasteiger partial charge in [0, 0.05) is 6.04 Å². The summed E-state index contributed by atoms with van der Waals surface area (Å²) in [6, 6.07) is 12.2. The number of benzene rings is 2. The molecule has 1 heterocycles. The van der Waals surface area contributed by atoms with Crippen molar-refractivity contribution in [2.75, 3.05) is 0 Å². The van der Waals surface area contributed by atoms with Gasteiger partial charge in [0.1, 0.15) is 8.42 Å². The van der Waals surface area contributed by atoms with Crippen molar-refractivity contribution in [3.63, 3.8) is 0 Å². The summed E-state index contributed by atoms with van der Waals surface area (Å²) in [7, 11) is 2.00.